The Morgan fingerprint density at radius 2 is 2.22 bits per heavy atom. The van der Waals surface area contributed by atoms with Crippen LogP contribution in [0.5, 0.6) is 0 Å². The highest BCUT2D eigenvalue weighted by Crippen LogP contribution is 2.41. The monoisotopic (exact) mass is 243 g/mol. The molecule has 1 aromatic carbocycles. The van der Waals surface area contributed by atoms with Crippen molar-refractivity contribution in [3.63, 3.8) is 0 Å². The summed E-state index contributed by atoms with van der Waals surface area (Å²) in [6.45, 7) is 2.12. The van der Waals surface area contributed by atoms with Gasteiger partial charge in [0.15, 0.2) is 5.82 Å². The highest BCUT2D eigenvalue weighted by Gasteiger charge is 2.24. The fourth-order valence-corrected chi connectivity index (χ4v) is 2.54. The van der Waals surface area contributed by atoms with Crippen molar-refractivity contribution in [3.8, 4) is 11.4 Å². The predicted molar refractivity (Wildman–Crippen MR) is 69.1 cm³/mol. The van der Waals surface area contributed by atoms with Gasteiger partial charge in [-0.1, -0.05) is 12.5 Å². The third kappa shape index (κ3) is 1.82. The van der Waals surface area contributed by atoms with E-state index < -0.39 is 0 Å². The average Bonchev–Trinajstić information content (AvgIpc) is 2.80. The minimum absolute atomic E-state index is 0.0674. The van der Waals surface area contributed by atoms with Crippen LogP contribution in [-0.4, -0.2) is 20.3 Å². The van der Waals surface area contributed by atoms with E-state index in [1.165, 1.54) is 31.2 Å². The Hall–Kier alpha value is -1.68. The molecule has 0 amide bonds. The van der Waals surface area contributed by atoms with Crippen molar-refractivity contribution in [2.45, 2.75) is 38.7 Å². The van der Waals surface area contributed by atoms with E-state index in [0.717, 1.165) is 22.5 Å². The maximum Gasteiger partial charge on any atom is 0.155 e. The van der Waals surface area contributed by atoms with Crippen LogP contribution < -0.4 is 0 Å². The molecule has 0 radical (unpaired) electrons. The molecule has 0 bridgehead atoms. The van der Waals surface area contributed by atoms with Gasteiger partial charge in [-0.05, 0) is 48.4 Å². The van der Waals surface area contributed by atoms with Gasteiger partial charge < -0.3 is 5.11 Å². The van der Waals surface area contributed by atoms with Gasteiger partial charge in [0, 0.05) is 5.56 Å². The number of aromatic nitrogens is 3. The smallest absolute Gasteiger partial charge is 0.155 e. The van der Waals surface area contributed by atoms with Crippen LogP contribution >= 0.6 is 0 Å². The summed E-state index contributed by atoms with van der Waals surface area (Å²) in [7, 11) is 0. The van der Waals surface area contributed by atoms with E-state index in [2.05, 4.69) is 28.2 Å². The Kier molecular flexibility index (Phi) is 2.88. The van der Waals surface area contributed by atoms with Crippen molar-refractivity contribution in [2.75, 3.05) is 0 Å². The summed E-state index contributed by atoms with van der Waals surface area (Å²) in [6.07, 6.45) is 5.33. The van der Waals surface area contributed by atoms with Gasteiger partial charge in [-0.3, -0.25) is 5.10 Å². The van der Waals surface area contributed by atoms with Gasteiger partial charge in [0.2, 0.25) is 0 Å². The van der Waals surface area contributed by atoms with Crippen LogP contribution in [0.25, 0.3) is 11.4 Å². The number of nitrogens with one attached hydrogen (secondary N) is 1. The first kappa shape index (κ1) is 11.4. The SMILES string of the molecule is Cc1cc(C2CCC2)c(-c2ncn[nH]2)cc1CO. The molecule has 4 heteroatoms. The molecule has 94 valence electrons. The van der Waals surface area contributed by atoms with E-state index in [4.69, 9.17) is 0 Å². The van der Waals surface area contributed by atoms with Gasteiger partial charge in [-0.15, -0.1) is 0 Å². The van der Waals surface area contributed by atoms with Crippen molar-refractivity contribution in [3.05, 3.63) is 35.2 Å². The zero-order valence-electron chi connectivity index (χ0n) is 10.5. The number of aryl methyl sites for hydroxylation is 1. The Labute approximate surface area is 106 Å². The first-order chi connectivity index (χ1) is 8.79. The van der Waals surface area contributed by atoms with Crippen molar-refractivity contribution in [2.24, 2.45) is 0 Å². The van der Waals surface area contributed by atoms with Crippen LogP contribution in [0.1, 0.15) is 41.9 Å². The van der Waals surface area contributed by atoms with Crippen LogP contribution in [0.2, 0.25) is 0 Å². The van der Waals surface area contributed by atoms with Crippen LogP contribution in [0, 0.1) is 6.92 Å². The minimum atomic E-state index is 0.0674. The molecule has 2 N–H and O–H groups in total. The van der Waals surface area contributed by atoms with Gasteiger partial charge in [-0.25, -0.2) is 4.98 Å². The van der Waals surface area contributed by atoms with Crippen LogP contribution in [0.3, 0.4) is 0 Å². The molecule has 1 saturated carbocycles. The summed E-state index contributed by atoms with van der Waals surface area (Å²) >= 11 is 0. The van der Waals surface area contributed by atoms with Gasteiger partial charge in [-0.2, -0.15) is 5.10 Å². The van der Waals surface area contributed by atoms with Crippen LogP contribution in [0.15, 0.2) is 18.5 Å². The fraction of sp³-hybridized carbons (Fsp3) is 0.429. The van der Waals surface area contributed by atoms with Gasteiger partial charge in [0.1, 0.15) is 6.33 Å². The molecular weight excluding hydrogens is 226 g/mol. The summed E-state index contributed by atoms with van der Waals surface area (Å²) < 4.78 is 0. The second-order valence-corrected chi connectivity index (χ2v) is 4.99. The summed E-state index contributed by atoms with van der Waals surface area (Å²) in [5.74, 6) is 1.43. The molecule has 3 rings (SSSR count). The molecule has 1 heterocycles. The van der Waals surface area contributed by atoms with E-state index in [0.29, 0.717) is 5.92 Å². The van der Waals surface area contributed by atoms with E-state index >= 15 is 0 Å². The van der Waals surface area contributed by atoms with E-state index in [1.807, 2.05) is 6.07 Å². The number of hydrogen-bond donors (Lipinski definition) is 2. The lowest BCUT2D eigenvalue weighted by Crippen LogP contribution is -2.11. The molecule has 0 aliphatic heterocycles. The number of H-pyrrole nitrogens is 1. The first-order valence-electron chi connectivity index (χ1n) is 6.39. The van der Waals surface area contributed by atoms with Gasteiger partial charge >= 0.3 is 0 Å². The predicted octanol–water partition coefficient (Wildman–Crippen LogP) is 2.54. The molecule has 1 fully saturated rings. The Morgan fingerprint density at radius 3 is 2.78 bits per heavy atom. The van der Waals surface area contributed by atoms with E-state index in [-0.39, 0.29) is 6.61 Å². The van der Waals surface area contributed by atoms with Crippen LogP contribution in [0.4, 0.5) is 0 Å². The molecule has 0 atom stereocenters. The number of rotatable bonds is 3. The summed E-state index contributed by atoms with van der Waals surface area (Å²) in [6, 6.07) is 4.25. The summed E-state index contributed by atoms with van der Waals surface area (Å²) in [5, 5.41) is 16.2. The highest BCUT2D eigenvalue weighted by atomic mass is 16.3. The van der Waals surface area contributed by atoms with Crippen molar-refractivity contribution >= 4 is 0 Å². The number of hydrogen-bond acceptors (Lipinski definition) is 3. The normalized spacial score (nSPS) is 15.7. The second-order valence-electron chi connectivity index (χ2n) is 4.99. The first-order valence-corrected chi connectivity index (χ1v) is 6.39. The number of aliphatic hydroxyl groups is 1. The zero-order chi connectivity index (χ0) is 12.5. The third-order valence-corrected chi connectivity index (χ3v) is 3.89. The number of benzene rings is 1. The number of aliphatic hydroxyl groups excluding tert-OH is 1. The lowest BCUT2D eigenvalue weighted by Gasteiger charge is -2.28. The lowest BCUT2D eigenvalue weighted by atomic mass is 9.77. The van der Waals surface area contributed by atoms with Crippen molar-refractivity contribution < 1.29 is 5.11 Å². The largest absolute Gasteiger partial charge is 0.392 e. The second kappa shape index (κ2) is 4.53. The quantitative estimate of drug-likeness (QED) is 0.870. The molecule has 1 aliphatic rings. The van der Waals surface area contributed by atoms with Crippen molar-refractivity contribution in [1.82, 2.24) is 15.2 Å². The molecule has 1 aromatic heterocycles. The minimum Gasteiger partial charge on any atom is -0.392 e. The molecule has 1 aliphatic carbocycles. The summed E-state index contributed by atoms with van der Waals surface area (Å²) in [4.78, 5) is 4.24. The average molecular weight is 243 g/mol. The summed E-state index contributed by atoms with van der Waals surface area (Å²) in [5.41, 5.74) is 4.55. The lowest BCUT2D eigenvalue weighted by molar-refractivity contribution is 0.281. The molecule has 0 saturated heterocycles. The van der Waals surface area contributed by atoms with Crippen LogP contribution in [-0.2, 0) is 6.61 Å². The van der Waals surface area contributed by atoms with Gasteiger partial charge in [0.05, 0.1) is 6.61 Å². The highest BCUT2D eigenvalue weighted by molar-refractivity contribution is 5.63. The Balaban J connectivity index is 2.13. The maximum atomic E-state index is 9.39. The fourth-order valence-electron chi connectivity index (χ4n) is 2.54. The molecule has 0 spiro atoms. The standard InChI is InChI=1S/C14H17N3O/c1-9-5-12(10-3-2-4-10)13(6-11(9)7-18)14-15-8-16-17-14/h5-6,8,10,18H,2-4,7H2,1H3,(H,15,16,17). The van der Waals surface area contributed by atoms with E-state index in [9.17, 15) is 5.11 Å². The molecule has 0 unspecified atom stereocenters. The number of nitrogens with zero attached hydrogens (tertiary/aromatic N) is 2. The molecule has 2 aromatic rings. The molecular formula is C14H17N3O. The molecule has 4 nitrogen and oxygen atoms in total. The zero-order valence-corrected chi connectivity index (χ0v) is 10.5. The van der Waals surface area contributed by atoms with Crippen molar-refractivity contribution in [1.29, 1.82) is 0 Å². The Morgan fingerprint density at radius 1 is 1.39 bits per heavy atom. The number of aromatic amines is 1. The Bertz CT molecular complexity index is 544. The topological polar surface area (TPSA) is 61.8 Å². The van der Waals surface area contributed by atoms with Gasteiger partial charge in [0.25, 0.3) is 0 Å². The van der Waals surface area contributed by atoms with E-state index in [1.54, 1.807) is 0 Å². The third-order valence-electron chi connectivity index (χ3n) is 3.89. The molecule has 18 heavy (non-hydrogen) atoms. The maximum absolute atomic E-state index is 9.39.